The van der Waals surface area contributed by atoms with Crippen LogP contribution in [-0.4, -0.2) is 55.3 Å². The normalized spacial score (nSPS) is 33.6. The van der Waals surface area contributed by atoms with Gasteiger partial charge in [0.25, 0.3) is 0 Å². The fraction of sp³-hybridized carbons (Fsp3) is 0.667. The van der Waals surface area contributed by atoms with Gasteiger partial charge in [-0.3, -0.25) is 0 Å². The van der Waals surface area contributed by atoms with Gasteiger partial charge in [-0.15, -0.1) is 0 Å². The van der Waals surface area contributed by atoms with Crippen LogP contribution < -0.4 is 0 Å². The summed E-state index contributed by atoms with van der Waals surface area (Å²) in [6.07, 6.45) is -0.752. The van der Waals surface area contributed by atoms with Crippen LogP contribution in [-0.2, 0) is 14.2 Å². The van der Waals surface area contributed by atoms with Gasteiger partial charge in [0.1, 0.15) is 11.5 Å². The van der Waals surface area contributed by atoms with Gasteiger partial charge in [-0.05, 0) is 31.0 Å². The molecule has 2 aliphatic rings. The number of nitrogens with zero attached hydrogens (tertiary/aromatic N) is 1. The predicted octanol–water partition coefficient (Wildman–Crippen LogP) is 5.12. The molecule has 2 saturated heterocycles. The maximum atomic E-state index is 13.1. The highest BCUT2D eigenvalue weighted by atomic mass is 32.2. The molecule has 0 aliphatic carbocycles. The molecule has 0 unspecified atom stereocenters. The van der Waals surface area contributed by atoms with Crippen LogP contribution in [0.1, 0.15) is 34.6 Å². The number of ether oxygens (including phenoxy) is 3. The molecule has 0 N–H and O–H groups in total. The molecule has 7 heteroatoms. The van der Waals surface area contributed by atoms with Crippen molar-refractivity contribution in [3.63, 3.8) is 0 Å². The lowest BCUT2D eigenvalue weighted by Crippen LogP contribution is -2.69. The van der Waals surface area contributed by atoms with Crippen LogP contribution in [0.15, 0.2) is 35.2 Å². The van der Waals surface area contributed by atoms with E-state index in [1.165, 1.54) is 0 Å². The predicted molar refractivity (Wildman–Crippen MR) is 115 cm³/mol. The summed E-state index contributed by atoms with van der Waals surface area (Å²) in [5.41, 5.74) is -1.01. The van der Waals surface area contributed by atoms with Crippen molar-refractivity contribution < 1.29 is 19.0 Å². The van der Waals surface area contributed by atoms with E-state index in [1.807, 2.05) is 29.7 Å². The van der Waals surface area contributed by atoms with Gasteiger partial charge in [0.05, 0.1) is 12.1 Å². The Morgan fingerprint density at radius 1 is 1.21 bits per heavy atom. The molecule has 0 saturated carbocycles. The van der Waals surface area contributed by atoms with E-state index in [4.69, 9.17) is 14.2 Å². The number of benzene rings is 1. The molecular formula is C21H33NO4SSi. The first-order valence-corrected chi connectivity index (χ1v) is 13.7. The van der Waals surface area contributed by atoms with Gasteiger partial charge in [-0.1, -0.05) is 63.8 Å². The first-order chi connectivity index (χ1) is 12.9. The summed E-state index contributed by atoms with van der Waals surface area (Å²) in [6, 6.07) is 9.96. The minimum Gasteiger partial charge on any atom is -0.438 e. The van der Waals surface area contributed by atoms with Gasteiger partial charge < -0.3 is 18.8 Å². The molecule has 1 amide bonds. The van der Waals surface area contributed by atoms with Gasteiger partial charge >= 0.3 is 6.09 Å². The summed E-state index contributed by atoms with van der Waals surface area (Å²) in [5, 5.41) is 0.00912. The number of methoxy groups -OCH3 is 1. The summed E-state index contributed by atoms with van der Waals surface area (Å²) in [7, 11) is -0.480. The van der Waals surface area contributed by atoms with Crippen molar-refractivity contribution in [1.82, 2.24) is 4.57 Å². The first-order valence-electron chi connectivity index (χ1n) is 9.86. The van der Waals surface area contributed by atoms with Gasteiger partial charge in [0.15, 0.2) is 13.8 Å². The number of fused-ring (bicyclic) bond motifs is 1. The lowest BCUT2D eigenvalue weighted by Gasteiger charge is -2.52. The van der Waals surface area contributed by atoms with E-state index in [0.717, 1.165) is 4.90 Å². The molecule has 5 atom stereocenters. The second-order valence-corrected chi connectivity index (χ2v) is 15.7. The monoisotopic (exact) mass is 423 g/mol. The highest BCUT2D eigenvalue weighted by molar-refractivity contribution is 7.99. The van der Waals surface area contributed by atoms with Gasteiger partial charge in [-0.2, -0.15) is 0 Å². The van der Waals surface area contributed by atoms with Crippen molar-refractivity contribution in [2.75, 3.05) is 7.11 Å². The fourth-order valence-corrected chi connectivity index (χ4v) is 7.91. The Hall–Kier alpha value is -1.02. The highest BCUT2D eigenvalue weighted by Crippen LogP contribution is 2.51. The maximum absolute atomic E-state index is 13.1. The molecule has 2 aliphatic heterocycles. The van der Waals surface area contributed by atoms with E-state index >= 15 is 0 Å². The summed E-state index contributed by atoms with van der Waals surface area (Å²) in [6.45, 7) is 15.2. The molecule has 0 aromatic heterocycles. The Morgan fingerprint density at radius 3 is 2.36 bits per heavy atom. The average Bonchev–Trinajstić information content (AvgIpc) is 2.87. The van der Waals surface area contributed by atoms with Crippen LogP contribution in [0.2, 0.25) is 18.1 Å². The smallest absolute Gasteiger partial charge is 0.402 e. The first kappa shape index (κ1) is 21.7. The highest BCUT2D eigenvalue weighted by Gasteiger charge is 2.67. The second-order valence-electron chi connectivity index (χ2n) is 9.47. The quantitative estimate of drug-likeness (QED) is 0.629. The molecule has 1 aromatic carbocycles. The number of amides is 1. The van der Waals surface area contributed by atoms with E-state index in [1.54, 1.807) is 18.9 Å². The number of hydrogen-bond acceptors (Lipinski definition) is 5. The van der Waals surface area contributed by atoms with Crippen molar-refractivity contribution in [2.45, 2.75) is 86.9 Å². The van der Waals surface area contributed by atoms with Crippen LogP contribution in [0.3, 0.4) is 0 Å². The molecule has 0 radical (unpaired) electrons. The van der Waals surface area contributed by atoms with Gasteiger partial charge in [0.2, 0.25) is 0 Å². The molecule has 2 fully saturated rings. The minimum atomic E-state index is -2.15. The number of carbonyl (C=O) groups is 1. The van der Waals surface area contributed by atoms with E-state index in [9.17, 15) is 4.79 Å². The SMILES string of the molecule is CO[C@H]1[C@H](Sc2ccccc2)O[C@@H](C)[C@H]2N([Si](C)(C)C(C)(C)C)C(=O)O[C@@]12C. The standard InChI is InChI=1S/C21H33NO4SSi/c1-14-16-21(5,26-19(23)22(16)28(7,8)20(2,3)4)17(24-6)18(25-14)27-15-12-10-9-11-13-15/h9-14,16-18H,1-8H3/t14-,16+,17-,18-,21+/m0/s1. The second kappa shape index (κ2) is 7.34. The third-order valence-electron chi connectivity index (χ3n) is 6.66. The molecule has 156 valence electrons. The lowest BCUT2D eigenvalue weighted by atomic mass is 9.85. The van der Waals surface area contributed by atoms with Crippen LogP contribution in [0.25, 0.3) is 0 Å². The minimum absolute atomic E-state index is 0.00912. The summed E-state index contributed by atoms with van der Waals surface area (Å²) >= 11 is 1.62. The number of rotatable bonds is 4. The Labute approximate surface area is 174 Å². The van der Waals surface area contributed by atoms with E-state index in [-0.39, 0.29) is 34.8 Å². The molecule has 0 spiro atoms. The summed E-state index contributed by atoms with van der Waals surface area (Å²) < 4.78 is 20.5. The molecule has 28 heavy (non-hydrogen) atoms. The van der Waals surface area contributed by atoms with Crippen molar-refractivity contribution >= 4 is 26.1 Å². The van der Waals surface area contributed by atoms with Gasteiger partial charge in [0, 0.05) is 12.0 Å². The van der Waals surface area contributed by atoms with E-state index in [0.29, 0.717) is 0 Å². The molecule has 3 rings (SSSR count). The van der Waals surface area contributed by atoms with Gasteiger partial charge in [-0.25, -0.2) is 4.79 Å². The third-order valence-corrected chi connectivity index (χ3v) is 13.1. The maximum Gasteiger partial charge on any atom is 0.402 e. The molecule has 2 heterocycles. The Kier molecular flexibility index (Phi) is 5.69. The largest absolute Gasteiger partial charge is 0.438 e. The van der Waals surface area contributed by atoms with Crippen LogP contribution in [0.4, 0.5) is 4.79 Å². The van der Waals surface area contributed by atoms with E-state index in [2.05, 4.69) is 52.9 Å². The number of thioether (sulfide) groups is 1. The third kappa shape index (κ3) is 3.40. The van der Waals surface area contributed by atoms with Crippen molar-refractivity contribution in [3.05, 3.63) is 30.3 Å². The summed E-state index contributed by atoms with van der Waals surface area (Å²) in [4.78, 5) is 14.2. The van der Waals surface area contributed by atoms with Crippen molar-refractivity contribution in [3.8, 4) is 0 Å². The fourth-order valence-electron chi connectivity index (χ4n) is 4.20. The molecule has 1 aromatic rings. The molecule has 5 nitrogen and oxygen atoms in total. The van der Waals surface area contributed by atoms with Crippen molar-refractivity contribution in [2.24, 2.45) is 0 Å². The Bertz CT molecular complexity index is 723. The van der Waals surface area contributed by atoms with Crippen LogP contribution >= 0.6 is 11.8 Å². The summed E-state index contributed by atoms with van der Waals surface area (Å²) in [5.74, 6) is 0. The number of carbonyl (C=O) groups excluding carboxylic acids is 1. The average molecular weight is 424 g/mol. The number of hydrogen-bond donors (Lipinski definition) is 0. The molecular weight excluding hydrogens is 390 g/mol. The molecule has 0 bridgehead atoms. The van der Waals surface area contributed by atoms with Crippen molar-refractivity contribution in [1.29, 1.82) is 0 Å². The van der Waals surface area contributed by atoms with Crippen LogP contribution in [0, 0.1) is 0 Å². The topological polar surface area (TPSA) is 48.0 Å². The zero-order valence-corrected chi connectivity index (χ0v) is 20.0. The zero-order chi connectivity index (χ0) is 20.9. The zero-order valence-electron chi connectivity index (χ0n) is 18.2. The van der Waals surface area contributed by atoms with Crippen LogP contribution in [0.5, 0.6) is 0 Å². The Morgan fingerprint density at radius 2 is 1.82 bits per heavy atom. The Balaban J connectivity index is 1.97. The lowest BCUT2D eigenvalue weighted by molar-refractivity contribution is -0.188. The van der Waals surface area contributed by atoms with E-state index < -0.39 is 13.8 Å².